The van der Waals surface area contributed by atoms with Crippen molar-refractivity contribution in [3.05, 3.63) is 35.9 Å². The van der Waals surface area contributed by atoms with Gasteiger partial charge in [0.25, 0.3) is 0 Å². The Morgan fingerprint density at radius 1 is 0.941 bits per heavy atom. The van der Waals surface area contributed by atoms with Gasteiger partial charge in [0.15, 0.2) is 0 Å². The first-order chi connectivity index (χ1) is 16.3. The topological polar surface area (TPSA) is 94.2 Å². The predicted octanol–water partition coefficient (Wildman–Crippen LogP) is 3.06. The van der Waals surface area contributed by atoms with Crippen LogP contribution in [-0.2, 0) is 23.8 Å². The van der Waals surface area contributed by atoms with Crippen LogP contribution in [0.4, 0.5) is 0 Å². The molecule has 0 radical (unpaired) electrons. The number of ether oxygens (including phenoxy) is 3. The average Bonchev–Trinajstić information content (AvgIpc) is 2.87. The van der Waals surface area contributed by atoms with E-state index in [0.717, 1.165) is 32.6 Å². The summed E-state index contributed by atoms with van der Waals surface area (Å²) in [5, 5.41) is 3.29. The largest absolute Gasteiger partial charge is 0.465 e. The lowest BCUT2D eigenvalue weighted by Crippen LogP contribution is -2.44. The van der Waals surface area contributed by atoms with Gasteiger partial charge in [0, 0.05) is 39.1 Å². The van der Waals surface area contributed by atoms with Crippen LogP contribution >= 0.6 is 0 Å². The van der Waals surface area contributed by atoms with Gasteiger partial charge in [-0.25, -0.2) is 4.79 Å². The third-order valence-corrected chi connectivity index (χ3v) is 6.12. The summed E-state index contributed by atoms with van der Waals surface area (Å²) in [6, 6.07) is 8.71. The summed E-state index contributed by atoms with van der Waals surface area (Å²) in [6.07, 6.45) is 1.86. The second-order valence-corrected chi connectivity index (χ2v) is 9.39. The number of rotatable bonds is 14. The first kappa shape index (κ1) is 27.8. The summed E-state index contributed by atoms with van der Waals surface area (Å²) in [7, 11) is 0. The number of hydrogen-bond acceptors (Lipinski definition) is 8. The zero-order chi connectivity index (χ0) is 24.8. The highest BCUT2D eigenvalue weighted by atomic mass is 16.6. The Balaban J connectivity index is 1.94. The maximum atomic E-state index is 12.5. The van der Waals surface area contributed by atoms with Gasteiger partial charge < -0.3 is 24.4 Å². The van der Waals surface area contributed by atoms with Crippen LogP contribution in [0.5, 0.6) is 0 Å². The van der Waals surface area contributed by atoms with Crippen molar-refractivity contribution in [2.75, 3.05) is 52.5 Å². The second-order valence-electron chi connectivity index (χ2n) is 9.39. The third-order valence-electron chi connectivity index (χ3n) is 6.12. The minimum absolute atomic E-state index is 0.0141. The molecule has 2 rings (SSSR count). The monoisotopic (exact) mass is 476 g/mol. The van der Waals surface area contributed by atoms with Crippen LogP contribution in [0.3, 0.4) is 0 Å². The lowest BCUT2D eigenvalue weighted by Gasteiger charge is -2.31. The van der Waals surface area contributed by atoms with Gasteiger partial charge in [-0.1, -0.05) is 39.0 Å². The molecule has 0 saturated carbocycles. The van der Waals surface area contributed by atoms with Crippen LogP contribution in [-0.4, -0.2) is 75.4 Å². The van der Waals surface area contributed by atoms with Crippen LogP contribution in [0.1, 0.15) is 56.8 Å². The Kier molecular flexibility index (Phi) is 12.0. The van der Waals surface area contributed by atoms with E-state index in [-0.39, 0.29) is 38.2 Å². The van der Waals surface area contributed by atoms with Crippen LogP contribution < -0.4 is 5.32 Å². The zero-order valence-electron chi connectivity index (χ0n) is 20.8. The number of piperazine rings is 1. The second kappa shape index (κ2) is 14.7. The van der Waals surface area contributed by atoms with E-state index in [2.05, 4.69) is 10.2 Å². The number of nitrogens with one attached hydrogen (secondary N) is 1. The predicted molar refractivity (Wildman–Crippen MR) is 129 cm³/mol. The quantitative estimate of drug-likeness (QED) is 0.323. The Morgan fingerprint density at radius 2 is 1.53 bits per heavy atom. The summed E-state index contributed by atoms with van der Waals surface area (Å²) in [5.41, 5.74) is -0.364. The fourth-order valence-corrected chi connectivity index (χ4v) is 3.51. The molecule has 1 aliphatic heterocycles. The molecule has 34 heavy (non-hydrogen) atoms. The maximum Gasteiger partial charge on any atom is 0.338 e. The Labute approximate surface area is 203 Å². The first-order valence-corrected chi connectivity index (χ1v) is 12.3. The molecule has 0 aliphatic carbocycles. The highest BCUT2D eigenvalue weighted by Gasteiger charge is 2.34. The zero-order valence-corrected chi connectivity index (χ0v) is 20.8. The summed E-state index contributed by atoms with van der Waals surface area (Å²) < 4.78 is 16.7. The molecule has 0 aromatic heterocycles. The fraction of sp³-hybridized carbons (Fsp3) is 0.654. The molecule has 8 heteroatoms. The van der Waals surface area contributed by atoms with Crippen LogP contribution in [0.25, 0.3) is 0 Å². The van der Waals surface area contributed by atoms with Gasteiger partial charge in [-0.05, 0) is 30.9 Å². The van der Waals surface area contributed by atoms with E-state index >= 15 is 0 Å². The number of nitrogens with zero attached hydrogens (tertiary/aromatic N) is 1. The van der Waals surface area contributed by atoms with E-state index in [0.29, 0.717) is 30.9 Å². The van der Waals surface area contributed by atoms with Crippen LogP contribution in [0.2, 0.25) is 0 Å². The normalized spacial score (nSPS) is 16.0. The highest BCUT2D eigenvalue weighted by Crippen LogP contribution is 2.25. The molecular formula is C26H40N2O6. The van der Waals surface area contributed by atoms with Crippen molar-refractivity contribution < 1.29 is 28.6 Å². The van der Waals surface area contributed by atoms with Gasteiger partial charge in [-0.15, -0.1) is 0 Å². The molecule has 1 fully saturated rings. The van der Waals surface area contributed by atoms with Gasteiger partial charge in [0.1, 0.15) is 19.8 Å². The SMILES string of the molecule is CCC(COC(=O)CCC(C)C)(COC(=O)CCN1CCNCC1)COC(=O)c1ccccc1. The van der Waals surface area contributed by atoms with Crippen LogP contribution in [0.15, 0.2) is 30.3 Å². The molecule has 1 atom stereocenters. The summed E-state index contributed by atoms with van der Waals surface area (Å²) >= 11 is 0. The molecule has 0 bridgehead atoms. The van der Waals surface area contributed by atoms with E-state index in [9.17, 15) is 14.4 Å². The first-order valence-electron chi connectivity index (χ1n) is 12.3. The van der Waals surface area contributed by atoms with Crippen molar-refractivity contribution in [2.24, 2.45) is 11.3 Å². The smallest absolute Gasteiger partial charge is 0.338 e. The van der Waals surface area contributed by atoms with Gasteiger partial charge in [0.05, 0.1) is 17.4 Å². The molecule has 1 aromatic carbocycles. The number of esters is 3. The number of carbonyl (C=O) groups is 3. The molecule has 1 heterocycles. The van der Waals surface area contributed by atoms with E-state index in [4.69, 9.17) is 14.2 Å². The van der Waals surface area contributed by atoms with Crippen LogP contribution in [0, 0.1) is 11.3 Å². The molecule has 8 nitrogen and oxygen atoms in total. The van der Waals surface area contributed by atoms with Crippen molar-refractivity contribution in [1.82, 2.24) is 10.2 Å². The molecule has 1 saturated heterocycles. The number of benzene rings is 1. The lowest BCUT2D eigenvalue weighted by molar-refractivity contribution is -0.157. The molecule has 1 unspecified atom stereocenters. The van der Waals surface area contributed by atoms with Crippen molar-refractivity contribution in [2.45, 2.75) is 46.5 Å². The minimum atomic E-state index is -0.803. The van der Waals surface area contributed by atoms with Crippen molar-refractivity contribution in [1.29, 1.82) is 0 Å². The molecule has 190 valence electrons. The molecule has 1 N–H and O–H groups in total. The summed E-state index contributed by atoms with van der Waals surface area (Å²) in [4.78, 5) is 39.4. The van der Waals surface area contributed by atoms with Gasteiger partial charge in [-0.2, -0.15) is 0 Å². The Bertz CT molecular complexity index is 764. The van der Waals surface area contributed by atoms with Crippen molar-refractivity contribution >= 4 is 17.9 Å². The maximum absolute atomic E-state index is 12.5. The Morgan fingerprint density at radius 3 is 2.12 bits per heavy atom. The Hall–Kier alpha value is -2.45. The number of carbonyl (C=O) groups excluding carboxylic acids is 3. The van der Waals surface area contributed by atoms with Gasteiger partial charge in [0.2, 0.25) is 0 Å². The third kappa shape index (κ3) is 10.2. The number of hydrogen-bond donors (Lipinski definition) is 1. The molecule has 0 amide bonds. The lowest BCUT2D eigenvalue weighted by atomic mass is 9.88. The standard InChI is InChI=1S/C26H40N2O6/c1-4-26(18-32-23(29)11-10-21(2)3,20-34-25(31)22-8-6-5-7-9-22)19-33-24(30)12-15-28-16-13-27-14-17-28/h5-9,21,27H,4,10-20H2,1-3H3. The van der Waals surface area contributed by atoms with E-state index in [1.807, 2.05) is 26.8 Å². The van der Waals surface area contributed by atoms with Crippen molar-refractivity contribution in [3.63, 3.8) is 0 Å². The summed E-state index contributed by atoms with van der Waals surface area (Å²) in [5.74, 6) is -0.677. The molecular weight excluding hydrogens is 436 g/mol. The molecule has 0 spiro atoms. The fourth-order valence-electron chi connectivity index (χ4n) is 3.51. The molecule has 1 aromatic rings. The van der Waals surface area contributed by atoms with E-state index < -0.39 is 11.4 Å². The summed E-state index contributed by atoms with van der Waals surface area (Å²) in [6.45, 7) is 10.3. The van der Waals surface area contributed by atoms with Gasteiger partial charge >= 0.3 is 17.9 Å². The molecule has 1 aliphatic rings. The van der Waals surface area contributed by atoms with Crippen molar-refractivity contribution in [3.8, 4) is 0 Å². The highest BCUT2D eigenvalue weighted by molar-refractivity contribution is 5.89. The van der Waals surface area contributed by atoms with E-state index in [1.54, 1.807) is 24.3 Å². The minimum Gasteiger partial charge on any atom is -0.465 e. The van der Waals surface area contributed by atoms with E-state index in [1.165, 1.54) is 0 Å². The average molecular weight is 477 g/mol. The van der Waals surface area contributed by atoms with Gasteiger partial charge in [-0.3, -0.25) is 9.59 Å².